The average Bonchev–Trinajstić information content (AvgIpc) is 3.53. The Hall–Kier alpha value is -2.82. The summed E-state index contributed by atoms with van der Waals surface area (Å²) < 4.78 is 5.95. The van der Waals surface area contributed by atoms with E-state index < -0.39 is 12.2 Å². The first-order chi connectivity index (χ1) is 15.4. The summed E-state index contributed by atoms with van der Waals surface area (Å²) in [4.78, 5) is 40.9. The number of rotatable bonds is 7. The number of hydrogen-bond acceptors (Lipinski definition) is 7. The lowest BCUT2D eigenvalue weighted by Gasteiger charge is -2.23. The minimum absolute atomic E-state index is 0.132. The highest BCUT2D eigenvalue weighted by atomic mass is 35.5. The lowest BCUT2D eigenvalue weighted by molar-refractivity contribution is -0.114. The number of carbonyl (C=O) groups is 3. The number of cyclic esters (lactones) is 1. The molecule has 3 amide bonds. The monoisotopic (exact) mass is 477 g/mol. The van der Waals surface area contributed by atoms with E-state index >= 15 is 0 Å². The van der Waals surface area contributed by atoms with Crippen LogP contribution in [0.2, 0.25) is 4.34 Å². The third-order valence-electron chi connectivity index (χ3n) is 5.36. The van der Waals surface area contributed by atoms with Gasteiger partial charge in [-0.3, -0.25) is 14.5 Å². The van der Waals surface area contributed by atoms with Crippen molar-refractivity contribution in [1.29, 1.82) is 0 Å². The van der Waals surface area contributed by atoms with Gasteiger partial charge in [0, 0.05) is 18.8 Å². The van der Waals surface area contributed by atoms with Crippen LogP contribution in [0.5, 0.6) is 0 Å². The molecule has 2 saturated heterocycles. The van der Waals surface area contributed by atoms with Crippen molar-refractivity contribution in [3.05, 3.63) is 39.5 Å². The Bertz CT molecular complexity index is 1020. The van der Waals surface area contributed by atoms with Crippen molar-refractivity contribution < 1.29 is 19.1 Å². The number of nitrogens with two attached hydrogens (primary N) is 1. The fraction of sp³-hybridized carbons (Fsp3) is 0.381. The van der Waals surface area contributed by atoms with E-state index in [9.17, 15) is 14.4 Å². The fourth-order valence-electron chi connectivity index (χ4n) is 3.80. The van der Waals surface area contributed by atoms with Crippen LogP contribution in [0.15, 0.2) is 30.3 Å². The summed E-state index contributed by atoms with van der Waals surface area (Å²) >= 11 is 7.05. The Morgan fingerprint density at radius 3 is 2.69 bits per heavy atom. The van der Waals surface area contributed by atoms with Gasteiger partial charge in [0.05, 0.1) is 40.2 Å². The third-order valence-corrected chi connectivity index (χ3v) is 6.59. The molecule has 2 fully saturated rings. The molecule has 4 rings (SSSR count). The minimum atomic E-state index is -0.506. The molecule has 0 radical (unpaired) electrons. The second-order valence-corrected chi connectivity index (χ2v) is 9.29. The molecule has 11 heteroatoms. The summed E-state index contributed by atoms with van der Waals surface area (Å²) in [5.74, 6) is -0.570. The molecular weight excluding hydrogens is 454 g/mol. The summed E-state index contributed by atoms with van der Waals surface area (Å²) in [7, 11) is 0. The summed E-state index contributed by atoms with van der Waals surface area (Å²) in [6, 6.07) is 8.80. The molecule has 170 valence electrons. The maximum Gasteiger partial charge on any atom is 0.414 e. The number of benzene rings is 1. The molecule has 32 heavy (non-hydrogen) atoms. The van der Waals surface area contributed by atoms with E-state index in [0.717, 1.165) is 31.6 Å². The first-order valence-electron chi connectivity index (χ1n) is 10.3. The Morgan fingerprint density at radius 2 is 2.00 bits per heavy atom. The van der Waals surface area contributed by atoms with Gasteiger partial charge in [0.2, 0.25) is 5.91 Å². The Labute approximate surface area is 194 Å². The quantitative estimate of drug-likeness (QED) is 0.564. The van der Waals surface area contributed by atoms with Crippen LogP contribution < -0.4 is 26.2 Å². The van der Waals surface area contributed by atoms with Gasteiger partial charge in [0.1, 0.15) is 6.10 Å². The highest BCUT2D eigenvalue weighted by Gasteiger charge is 2.33. The van der Waals surface area contributed by atoms with Gasteiger partial charge in [-0.05, 0) is 43.2 Å². The molecule has 1 unspecified atom stereocenters. The lowest BCUT2D eigenvalue weighted by Crippen LogP contribution is -2.34. The highest BCUT2D eigenvalue weighted by Crippen LogP contribution is 2.34. The molecule has 0 bridgehead atoms. The SMILES string of the molecule is NCC(=O)Nc1cc(N2CC(CNC(=O)c3ccc(Cl)s3)OC2=O)ccc1N1CCCC1. The minimum Gasteiger partial charge on any atom is -0.442 e. The molecule has 2 aliphatic heterocycles. The summed E-state index contributed by atoms with van der Waals surface area (Å²) in [5, 5.41) is 5.61. The molecule has 0 spiro atoms. The van der Waals surface area contributed by atoms with Crippen LogP contribution in [0.4, 0.5) is 21.9 Å². The molecule has 9 nitrogen and oxygen atoms in total. The second-order valence-electron chi connectivity index (χ2n) is 7.58. The molecule has 1 aromatic heterocycles. The smallest absolute Gasteiger partial charge is 0.414 e. The van der Waals surface area contributed by atoms with Gasteiger partial charge >= 0.3 is 6.09 Å². The average molecular weight is 478 g/mol. The lowest BCUT2D eigenvalue weighted by atomic mass is 10.2. The zero-order valence-electron chi connectivity index (χ0n) is 17.3. The van der Waals surface area contributed by atoms with Crippen molar-refractivity contribution in [2.75, 3.05) is 47.8 Å². The fourth-order valence-corrected chi connectivity index (χ4v) is 4.76. The number of nitrogens with one attached hydrogen (secondary N) is 2. The predicted molar refractivity (Wildman–Crippen MR) is 125 cm³/mol. The standard InChI is InChI=1S/C21H24ClN5O4S/c22-18-6-5-17(32-18)20(29)24-11-14-12-27(21(30)31-14)13-3-4-16(26-7-1-2-8-26)15(9-13)25-19(28)10-23/h3-6,9,14H,1-2,7-8,10-12,23H2,(H,24,29)(H,25,28). The number of anilines is 3. The molecular formula is C21H24ClN5O4S. The third kappa shape index (κ3) is 4.98. The molecule has 0 aliphatic carbocycles. The van der Waals surface area contributed by atoms with Crippen LogP contribution >= 0.6 is 22.9 Å². The van der Waals surface area contributed by atoms with Crippen molar-refractivity contribution in [2.45, 2.75) is 18.9 Å². The topological polar surface area (TPSA) is 117 Å². The van der Waals surface area contributed by atoms with Crippen LogP contribution in [0.3, 0.4) is 0 Å². The molecule has 4 N–H and O–H groups in total. The van der Waals surface area contributed by atoms with E-state index in [4.69, 9.17) is 22.1 Å². The maximum atomic E-state index is 12.5. The number of thiophene rings is 1. The summed E-state index contributed by atoms with van der Waals surface area (Å²) in [6.07, 6.45) is 1.18. The highest BCUT2D eigenvalue weighted by molar-refractivity contribution is 7.18. The Morgan fingerprint density at radius 1 is 1.22 bits per heavy atom. The first-order valence-corrected chi connectivity index (χ1v) is 11.5. The number of halogens is 1. The number of amides is 3. The zero-order valence-corrected chi connectivity index (χ0v) is 18.9. The van der Waals surface area contributed by atoms with Gasteiger partial charge in [-0.25, -0.2) is 4.79 Å². The van der Waals surface area contributed by atoms with E-state index in [2.05, 4.69) is 15.5 Å². The van der Waals surface area contributed by atoms with E-state index in [0.29, 0.717) is 20.6 Å². The number of carbonyl (C=O) groups excluding carboxylic acids is 3. The van der Waals surface area contributed by atoms with E-state index in [1.165, 1.54) is 16.2 Å². The zero-order chi connectivity index (χ0) is 22.7. The van der Waals surface area contributed by atoms with Crippen LogP contribution in [0, 0.1) is 0 Å². The van der Waals surface area contributed by atoms with Gasteiger partial charge in [-0.2, -0.15) is 0 Å². The first kappa shape index (κ1) is 22.4. The largest absolute Gasteiger partial charge is 0.442 e. The number of nitrogens with zero attached hydrogens (tertiary/aromatic N) is 2. The van der Waals surface area contributed by atoms with Gasteiger partial charge < -0.3 is 26.0 Å². The summed E-state index contributed by atoms with van der Waals surface area (Å²) in [5.41, 5.74) is 7.59. The van der Waals surface area contributed by atoms with Crippen molar-refractivity contribution >= 4 is 57.9 Å². The van der Waals surface area contributed by atoms with Gasteiger partial charge in [-0.15, -0.1) is 11.3 Å². The van der Waals surface area contributed by atoms with Gasteiger partial charge in [-0.1, -0.05) is 11.6 Å². The number of ether oxygens (including phenoxy) is 1. The van der Waals surface area contributed by atoms with E-state index in [1.807, 2.05) is 12.1 Å². The normalized spacial score (nSPS) is 18.1. The molecule has 1 aromatic carbocycles. The molecule has 2 aromatic rings. The van der Waals surface area contributed by atoms with E-state index in [-0.39, 0.29) is 31.4 Å². The van der Waals surface area contributed by atoms with Gasteiger partial charge in [0.15, 0.2) is 0 Å². The molecule has 2 aliphatic rings. The van der Waals surface area contributed by atoms with Crippen molar-refractivity contribution in [3.63, 3.8) is 0 Å². The van der Waals surface area contributed by atoms with Crippen molar-refractivity contribution in [3.8, 4) is 0 Å². The number of hydrogen-bond donors (Lipinski definition) is 3. The van der Waals surface area contributed by atoms with Crippen LogP contribution in [-0.4, -0.2) is 56.7 Å². The molecule has 0 saturated carbocycles. The van der Waals surface area contributed by atoms with Crippen LogP contribution in [0.1, 0.15) is 22.5 Å². The van der Waals surface area contributed by atoms with Crippen LogP contribution in [-0.2, 0) is 9.53 Å². The van der Waals surface area contributed by atoms with Crippen molar-refractivity contribution in [2.24, 2.45) is 5.73 Å². The maximum absolute atomic E-state index is 12.5. The van der Waals surface area contributed by atoms with Gasteiger partial charge in [0.25, 0.3) is 5.91 Å². The van der Waals surface area contributed by atoms with E-state index in [1.54, 1.807) is 18.2 Å². The van der Waals surface area contributed by atoms with Crippen LogP contribution in [0.25, 0.3) is 0 Å². The summed E-state index contributed by atoms with van der Waals surface area (Å²) in [6.45, 7) is 2.14. The Balaban J connectivity index is 1.45. The molecule has 1 atom stereocenters. The molecule has 3 heterocycles. The predicted octanol–water partition coefficient (Wildman–Crippen LogP) is 2.65. The van der Waals surface area contributed by atoms with Crippen molar-refractivity contribution in [1.82, 2.24) is 5.32 Å². The second kappa shape index (κ2) is 9.76. The Kier molecular flexibility index (Phi) is 6.83.